The second-order valence-electron chi connectivity index (χ2n) is 7.85. The molecule has 0 bridgehead atoms. The van der Waals surface area contributed by atoms with Crippen LogP contribution in [0.2, 0.25) is 0 Å². The molecule has 0 aromatic heterocycles. The Balaban J connectivity index is 1.56. The summed E-state index contributed by atoms with van der Waals surface area (Å²) in [4.78, 5) is 28.7. The summed E-state index contributed by atoms with van der Waals surface area (Å²) in [5.41, 5.74) is 1.69. The number of carbonyl (C=O) groups is 2. The molecule has 1 fully saturated rings. The highest BCUT2D eigenvalue weighted by Gasteiger charge is 2.58. The van der Waals surface area contributed by atoms with Crippen LogP contribution >= 0.6 is 0 Å². The van der Waals surface area contributed by atoms with Crippen LogP contribution in [0.3, 0.4) is 0 Å². The van der Waals surface area contributed by atoms with E-state index < -0.39 is 5.41 Å². The lowest BCUT2D eigenvalue weighted by atomic mass is 9.73. The summed E-state index contributed by atoms with van der Waals surface area (Å²) >= 11 is 0. The number of fused-ring (bicyclic) bond motifs is 3. The van der Waals surface area contributed by atoms with Gasteiger partial charge in [0.05, 0.1) is 17.0 Å². The van der Waals surface area contributed by atoms with Crippen LogP contribution in [0.15, 0.2) is 42.5 Å². The average Bonchev–Trinajstić information content (AvgIpc) is 3.27. The molecular weight excluding hydrogens is 368 g/mol. The molecular formula is C23H24N2O4. The number of para-hydroxylation sites is 2. The van der Waals surface area contributed by atoms with E-state index in [1.807, 2.05) is 41.3 Å². The Bertz CT molecular complexity index is 989. The first kappa shape index (κ1) is 18.0. The smallest absolute Gasteiger partial charge is 0.258 e. The number of nitrogens with zero attached hydrogens (tertiary/aromatic N) is 1. The van der Waals surface area contributed by atoms with Crippen molar-refractivity contribution in [1.82, 2.24) is 4.90 Å². The third-order valence-electron chi connectivity index (χ3n) is 6.37. The van der Waals surface area contributed by atoms with Gasteiger partial charge >= 0.3 is 0 Å². The van der Waals surface area contributed by atoms with Gasteiger partial charge in [0.25, 0.3) is 5.91 Å². The zero-order valence-electron chi connectivity index (χ0n) is 16.4. The van der Waals surface area contributed by atoms with E-state index in [2.05, 4.69) is 12.2 Å². The van der Waals surface area contributed by atoms with E-state index in [4.69, 9.17) is 9.47 Å². The van der Waals surface area contributed by atoms with Gasteiger partial charge in [0.15, 0.2) is 11.5 Å². The van der Waals surface area contributed by atoms with Crippen molar-refractivity contribution in [2.75, 3.05) is 25.1 Å². The molecule has 0 unspecified atom stereocenters. The van der Waals surface area contributed by atoms with Gasteiger partial charge in [-0.15, -0.1) is 0 Å². The Labute approximate surface area is 169 Å². The van der Waals surface area contributed by atoms with E-state index in [0.29, 0.717) is 43.2 Å². The van der Waals surface area contributed by atoms with Crippen LogP contribution in [-0.4, -0.2) is 42.5 Å². The second kappa shape index (κ2) is 6.79. The minimum atomic E-state index is -0.686. The Morgan fingerprint density at radius 1 is 1.17 bits per heavy atom. The van der Waals surface area contributed by atoms with Crippen molar-refractivity contribution in [3.05, 3.63) is 53.6 Å². The molecule has 29 heavy (non-hydrogen) atoms. The monoisotopic (exact) mass is 392 g/mol. The first-order chi connectivity index (χ1) is 14.2. The van der Waals surface area contributed by atoms with E-state index >= 15 is 0 Å². The lowest BCUT2D eigenvalue weighted by Crippen LogP contribution is -2.48. The van der Waals surface area contributed by atoms with Crippen LogP contribution in [0, 0.1) is 0 Å². The Morgan fingerprint density at radius 2 is 2.00 bits per heavy atom. The lowest BCUT2D eigenvalue weighted by Gasteiger charge is -2.34. The molecule has 5 rings (SSSR count). The molecule has 1 spiro atoms. The molecule has 0 radical (unpaired) electrons. The van der Waals surface area contributed by atoms with Crippen LogP contribution in [0.25, 0.3) is 0 Å². The summed E-state index contributed by atoms with van der Waals surface area (Å²) in [6, 6.07) is 13.1. The molecule has 2 aromatic carbocycles. The second-order valence-corrected chi connectivity index (χ2v) is 7.85. The standard InChI is InChI=1S/C23H24N2O4/c1-2-6-19-23(16-8-3-4-9-17(16)24-22(23)27)11-12-25(19)21(26)15-7-5-10-18-20(15)29-14-13-28-18/h3-5,7-10,19H,2,6,11-14H2,1H3,(H,24,27)/t19-,23+/m0/s1. The number of hydrogen-bond acceptors (Lipinski definition) is 4. The van der Waals surface area contributed by atoms with Gasteiger partial charge in [0.2, 0.25) is 5.91 Å². The van der Waals surface area contributed by atoms with Gasteiger partial charge in [-0.25, -0.2) is 0 Å². The molecule has 3 aliphatic heterocycles. The van der Waals surface area contributed by atoms with E-state index in [1.54, 1.807) is 6.07 Å². The van der Waals surface area contributed by atoms with E-state index in [0.717, 1.165) is 24.1 Å². The average molecular weight is 392 g/mol. The molecule has 6 nitrogen and oxygen atoms in total. The summed E-state index contributed by atoms with van der Waals surface area (Å²) in [7, 11) is 0. The van der Waals surface area contributed by atoms with Crippen molar-refractivity contribution in [3.63, 3.8) is 0 Å². The molecule has 3 aliphatic rings. The van der Waals surface area contributed by atoms with Crippen LogP contribution in [0.4, 0.5) is 5.69 Å². The maximum Gasteiger partial charge on any atom is 0.258 e. The Hall–Kier alpha value is -3.02. The fraction of sp³-hybridized carbons (Fsp3) is 0.391. The minimum Gasteiger partial charge on any atom is -0.486 e. The third kappa shape index (κ3) is 2.55. The molecule has 6 heteroatoms. The van der Waals surface area contributed by atoms with Crippen LogP contribution in [-0.2, 0) is 10.2 Å². The van der Waals surface area contributed by atoms with Crippen molar-refractivity contribution in [2.24, 2.45) is 0 Å². The van der Waals surface area contributed by atoms with Gasteiger partial charge in [-0.3, -0.25) is 9.59 Å². The number of likely N-dealkylation sites (tertiary alicyclic amines) is 1. The minimum absolute atomic E-state index is 0.00197. The summed E-state index contributed by atoms with van der Waals surface area (Å²) in [6.07, 6.45) is 2.27. The third-order valence-corrected chi connectivity index (χ3v) is 6.37. The molecule has 1 N–H and O–H groups in total. The number of amides is 2. The van der Waals surface area contributed by atoms with Gasteiger partial charge in [0.1, 0.15) is 13.2 Å². The molecule has 1 saturated heterocycles. The Morgan fingerprint density at radius 3 is 2.86 bits per heavy atom. The van der Waals surface area contributed by atoms with Gasteiger partial charge < -0.3 is 19.7 Å². The topological polar surface area (TPSA) is 67.9 Å². The number of anilines is 1. The normalized spacial score (nSPS) is 24.5. The number of ether oxygens (including phenoxy) is 2. The van der Waals surface area contributed by atoms with Crippen LogP contribution < -0.4 is 14.8 Å². The number of rotatable bonds is 3. The number of nitrogens with one attached hydrogen (secondary N) is 1. The summed E-state index contributed by atoms with van der Waals surface area (Å²) in [6.45, 7) is 3.53. The van der Waals surface area contributed by atoms with Crippen molar-refractivity contribution in [2.45, 2.75) is 37.6 Å². The predicted octanol–water partition coefficient (Wildman–Crippen LogP) is 3.36. The molecule has 150 valence electrons. The fourth-order valence-corrected chi connectivity index (χ4v) is 5.12. The molecule has 0 saturated carbocycles. The maximum absolute atomic E-state index is 13.6. The summed E-state index contributed by atoms with van der Waals surface area (Å²) < 4.78 is 11.4. The van der Waals surface area contributed by atoms with Gasteiger partial charge in [-0.1, -0.05) is 37.6 Å². The maximum atomic E-state index is 13.6. The summed E-state index contributed by atoms with van der Waals surface area (Å²) in [5.74, 6) is 1.02. The van der Waals surface area contributed by atoms with E-state index in [-0.39, 0.29) is 17.9 Å². The Kier molecular flexibility index (Phi) is 4.23. The predicted molar refractivity (Wildman–Crippen MR) is 109 cm³/mol. The van der Waals surface area contributed by atoms with E-state index in [9.17, 15) is 9.59 Å². The van der Waals surface area contributed by atoms with Gasteiger partial charge in [0, 0.05) is 12.2 Å². The molecule has 2 amide bonds. The zero-order valence-corrected chi connectivity index (χ0v) is 16.4. The van der Waals surface area contributed by atoms with E-state index in [1.165, 1.54) is 0 Å². The first-order valence-corrected chi connectivity index (χ1v) is 10.3. The van der Waals surface area contributed by atoms with Crippen molar-refractivity contribution >= 4 is 17.5 Å². The van der Waals surface area contributed by atoms with Crippen molar-refractivity contribution < 1.29 is 19.1 Å². The summed E-state index contributed by atoms with van der Waals surface area (Å²) in [5, 5.41) is 3.05. The largest absolute Gasteiger partial charge is 0.486 e. The highest BCUT2D eigenvalue weighted by molar-refractivity contribution is 6.08. The highest BCUT2D eigenvalue weighted by atomic mass is 16.6. The quantitative estimate of drug-likeness (QED) is 0.870. The van der Waals surface area contributed by atoms with Crippen molar-refractivity contribution in [1.29, 1.82) is 0 Å². The lowest BCUT2D eigenvalue weighted by molar-refractivity contribution is -0.121. The first-order valence-electron chi connectivity index (χ1n) is 10.3. The number of carbonyl (C=O) groups excluding carboxylic acids is 2. The number of benzene rings is 2. The molecule has 3 heterocycles. The van der Waals surface area contributed by atoms with Gasteiger partial charge in [-0.2, -0.15) is 0 Å². The zero-order chi connectivity index (χ0) is 20.0. The molecule has 2 atom stereocenters. The van der Waals surface area contributed by atoms with Crippen molar-refractivity contribution in [3.8, 4) is 11.5 Å². The van der Waals surface area contributed by atoms with Crippen LogP contribution in [0.5, 0.6) is 11.5 Å². The molecule has 0 aliphatic carbocycles. The fourth-order valence-electron chi connectivity index (χ4n) is 5.12. The SMILES string of the molecule is CCC[C@@H]1N(C(=O)c2cccc3c2OCCO3)CC[C@]12C(=O)Nc1ccccc12. The van der Waals surface area contributed by atoms with Crippen LogP contribution in [0.1, 0.15) is 42.1 Å². The number of hydrogen-bond donors (Lipinski definition) is 1. The van der Waals surface area contributed by atoms with Gasteiger partial charge in [-0.05, 0) is 36.6 Å². The highest BCUT2D eigenvalue weighted by Crippen LogP contribution is 2.50. The molecule has 2 aromatic rings.